The van der Waals surface area contributed by atoms with E-state index in [2.05, 4.69) is 17.1 Å². The van der Waals surface area contributed by atoms with E-state index in [0.717, 1.165) is 27.8 Å². The molecule has 1 aliphatic rings. The van der Waals surface area contributed by atoms with Crippen molar-refractivity contribution in [2.24, 2.45) is 4.99 Å². The summed E-state index contributed by atoms with van der Waals surface area (Å²) in [6, 6.07) is 32.8. The van der Waals surface area contributed by atoms with Gasteiger partial charge in [-0.1, -0.05) is 84.4 Å². The van der Waals surface area contributed by atoms with E-state index in [-0.39, 0.29) is 11.6 Å². The summed E-state index contributed by atoms with van der Waals surface area (Å²) in [6.45, 7) is 0.379. The molecule has 0 unspecified atom stereocenters. The van der Waals surface area contributed by atoms with E-state index in [1.54, 1.807) is 6.08 Å². The number of hydrogen-bond donors (Lipinski definition) is 0. The van der Waals surface area contributed by atoms with E-state index >= 15 is 0 Å². The number of cyclic esters (lactones) is 1. The Morgan fingerprint density at radius 1 is 0.765 bits per heavy atom. The molecule has 0 bridgehead atoms. The molecule has 5 rings (SSSR count). The zero-order valence-electron chi connectivity index (χ0n) is 18.1. The second-order valence-corrected chi connectivity index (χ2v) is 8.17. The molecule has 0 aliphatic carbocycles. The van der Waals surface area contributed by atoms with Crippen molar-refractivity contribution in [2.75, 3.05) is 0 Å². The molecule has 0 saturated heterocycles. The van der Waals surface area contributed by atoms with Crippen molar-refractivity contribution in [1.82, 2.24) is 0 Å². The highest BCUT2D eigenvalue weighted by Gasteiger charge is 2.24. The Hall–Kier alpha value is -4.15. The Morgan fingerprint density at radius 2 is 1.41 bits per heavy atom. The molecular weight excluding hydrogens is 446 g/mol. The Balaban J connectivity index is 1.35. The van der Waals surface area contributed by atoms with Crippen LogP contribution in [0.25, 0.3) is 17.2 Å². The largest absolute Gasteiger partial charge is 0.488 e. The van der Waals surface area contributed by atoms with Crippen LogP contribution in [-0.2, 0) is 16.1 Å². The lowest BCUT2D eigenvalue weighted by molar-refractivity contribution is -0.129. The van der Waals surface area contributed by atoms with Crippen molar-refractivity contribution >= 4 is 29.5 Å². The maximum atomic E-state index is 12.5. The van der Waals surface area contributed by atoms with Gasteiger partial charge in [0.25, 0.3) is 0 Å². The van der Waals surface area contributed by atoms with Crippen LogP contribution in [0.2, 0.25) is 5.02 Å². The minimum absolute atomic E-state index is 0.227. The number of hydrogen-bond acceptors (Lipinski definition) is 4. The summed E-state index contributed by atoms with van der Waals surface area (Å²) in [5.74, 6) is 0.443. The molecule has 0 atom stereocenters. The Kier molecular flexibility index (Phi) is 6.23. The van der Waals surface area contributed by atoms with Crippen molar-refractivity contribution in [2.45, 2.75) is 6.61 Å². The van der Waals surface area contributed by atoms with Gasteiger partial charge in [-0.15, -0.1) is 0 Å². The first-order valence-corrected chi connectivity index (χ1v) is 11.2. The monoisotopic (exact) mass is 465 g/mol. The molecule has 4 aromatic carbocycles. The normalized spacial score (nSPS) is 14.1. The molecule has 0 aromatic heterocycles. The summed E-state index contributed by atoms with van der Waals surface area (Å²) < 4.78 is 11.4. The van der Waals surface area contributed by atoms with Gasteiger partial charge in [0.05, 0.1) is 0 Å². The predicted octanol–water partition coefficient (Wildman–Crippen LogP) is 6.93. The summed E-state index contributed by atoms with van der Waals surface area (Å²) in [7, 11) is 0. The summed E-state index contributed by atoms with van der Waals surface area (Å²) in [6.07, 6.45) is 1.69. The van der Waals surface area contributed by atoms with Crippen LogP contribution in [-0.4, -0.2) is 11.9 Å². The fourth-order valence-corrected chi connectivity index (χ4v) is 3.71. The maximum Gasteiger partial charge on any atom is 0.363 e. The lowest BCUT2D eigenvalue weighted by Gasteiger charge is -2.09. The number of aliphatic imine (C=N–C) groups is 1. The summed E-state index contributed by atoms with van der Waals surface area (Å²) in [4.78, 5) is 17.0. The van der Waals surface area contributed by atoms with Gasteiger partial charge >= 0.3 is 5.97 Å². The van der Waals surface area contributed by atoms with Gasteiger partial charge in [0, 0.05) is 16.1 Å². The second kappa shape index (κ2) is 9.77. The van der Waals surface area contributed by atoms with Gasteiger partial charge in [-0.2, -0.15) is 0 Å². The van der Waals surface area contributed by atoms with Gasteiger partial charge in [0.1, 0.15) is 12.4 Å². The number of ether oxygens (including phenoxy) is 2. The Bertz CT molecular complexity index is 1380. The third kappa shape index (κ3) is 4.92. The molecule has 0 saturated carbocycles. The molecule has 0 radical (unpaired) electrons. The molecule has 34 heavy (non-hydrogen) atoms. The third-order valence-corrected chi connectivity index (χ3v) is 5.63. The Labute approximate surface area is 202 Å². The molecule has 5 heteroatoms. The van der Waals surface area contributed by atoms with Gasteiger partial charge in [-0.05, 0) is 53.1 Å². The van der Waals surface area contributed by atoms with E-state index < -0.39 is 5.97 Å². The lowest BCUT2D eigenvalue weighted by atomic mass is 10.0. The molecule has 166 valence electrons. The fourth-order valence-electron chi connectivity index (χ4n) is 3.59. The van der Waals surface area contributed by atoms with Crippen LogP contribution in [0.15, 0.2) is 114 Å². The number of benzene rings is 4. The van der Waals surface area contributed by atoms with Gasteiger partial charge in [-0.25, -0.2) is 9.79 Å². The van der Waals surface area contributed by atoms with E-state index in [0.29, 0.717) is 17.4 Å². The van der Waals surface area contributed by atoms with Crippen LogP contribution >= 0.6 is 11.6 Å². The highest BCUT2D eigenvalue weighted by molar-refractivity contribution is 6.30. The first kappa shape index (κ1) is 21.7. The quantitative estimate of drug-likeness (QED) is 0.229. The van der Waals surface area contributed by atoms with E-state index in [9.17, 15) is 4.79 Å². The zero-order chi connectivity index (χ0) is 23.3. The molecule has 0 fully saturated rings. The molecule has 0 N–H and O–H groups in total. The number of carbonyl (C=O) groups is 1. The zero-order valence-corrected chi connectivity index (χ0v) is 18.9. The van der Waals surface area contributed by atoms with Crippen molar-refractivity contribution in [1.29, 1.82) is 0 Å². The van der Waals surface area contributed by atoms with E-state index in [4.69, 9.17) is 21.1 Å². The van der Waals surface area contributed by atoms with Gasteiger partial charge in [-0.3, -0.25) is 0 Å². The second-order valence-electron chi connectivity index (χ2n) is 7.73. The SMILES string of the molecule is O=C1OC(c2ccc(-c3ccccc3)cc2)=N/C1=C\c1ccccc1OCc1ccc(Cl)cc1. The average molecular weight is 466 g/mol. The number of nitrogens with zero attached hydrogens (tertiary/aromatic N) is 1. The fraction of sp³-hybridized carbons (Fsp3) is 0.0345. The van der Waals surface area contributed by atoms with Crippen molar-refractivity contribution < 1.29 is 14.3 Å². The van der Waals surface area contributed by atoms with E-state index in [1.807, 2.05) is 91.0 Å². The summed E-state index contributed by atoms with van der Waals surface area (Å²) in [5, 5.41) is 0.678. The first-order chi connectivity index (χ1) is 16.7. The first-order valence-electron chi connectivity index (χ1n) is 10.8. The standard InChI is InChI=1S/C29H20ClNO3/c30-25-16-10-20(11-17-25)19-33-27-9-5-4-8-24(27)18-26-29(32)34-28(31-26)23-14-12-22(13-15-23)21-6-2-1-3-7-21/h1-18H,19H2/b26-18-. The molecule has 1 heterocycles. The molecular formula is C29H20ClNO3. The van der Waals surface area contributed by atoms with Crippen LogP contribution < -0.4 is 4.74 Å². The minimum atomic E-state index is -0.491. The average Bonchev–Trinajstić information content (AvgIpc) is 3.25. The van der Waals surface area contributed by atoms with Crippen LogP contribution in [0.1, 0.15) is 16.7 Å². The predicted molar refractivity (Wildman–Crippen MR) is 135 cm³/mol. The number of rotatable bonds is 6. The molecule has 0 spiro atoms. The van der Waals surface area contributed by atoms with Crippen LogP contribution in [0.5, 0.6) is 5.75 Å². The van der Waals surface area contributed by atoms with Crippen molar-refractivity contribution in [3.05, 3.63) is 131 Å². The third-order valence-electron chi connectivity index (χ3n) is 5.38. The molecule has 0 amide bonds. The number of esters is 1. The number of carbonyl (C=O) groups excluding carboxylic acids is 1. The number of halogens is 1. The smallest absolute Gasteiger partial charge is 0.363 e. The van der Waals surface area contributed by atoms with Gasteiger partial charge < -0.3 is 9.47 Å². The topological polar surface area (TPSA) is 47.9 Å². The maximum absolute atomic E-state index is 12.5. The Morgan fingerprint density at radius 3 is 2.18 bits per heavy atom. The highest BCUT2D eigenvalue weighted by atomic mass is 35.5. The van der Waals surface area contributed by atoms with Crippen molar-refractivity contribution in [3.63, 3.8) is 0 Å². The minimum Gasteiger partial charge on any atom is -0.488 e. The summed E-state index contributed by atoms with van der Waals surface area (Å²) in [5.41, 5.74) is 4.90. The summed E-state index contributed by atoms with van der Waals surface area (Å²) >= 11 is 5.95. The molecule has 4 nitrogen and oxygen atoms in total. The molecule has 1 aliphatic heterocycles. The highest BCUT2D eigenvalue weighted by Crippen LogP contribution is 2.26. The lowest BCUT2D eigenvalue weighted by Crippen LogP contribution is -2.05. The van der Waals surface area contributed by atoms with Crippen LogP contribution in [0.4, 0.5) is 0 Å². The van der Waals surface area contributed by atoms with E-state index in [1.165, 1.54) is 0 Å². The number of para-hydroxylation sites is 1. The van der Waals surface area contributed by atoms with Crippen LogP contribution in [0.3, 0.4) is 0 Å². The van der Waals surface area contributed by atoms with Gasteiger partial charge in [0.15, 0.2) is 5.70 Å². The van der Waals surface area contributed by atoms with Gasteiger partial charge in [0.2, 0.25) is 5.90 Å². The molecule has 4 aromatic rings. The van der Waals surface area contributed by atoms with Crippen LogP contribution in [0, 0.1) is 0 Å². The van der Waals surface area contributed by atoms with Crippen molar-refractivity contribution in [3.8, 4) is 16.9 Å².